The summed E-state index contributed by atoms with van der Waals surface area (Å²) in [6, 6.07) is 14.5. The van der Waals surface area contributed by atoms with E-state index in [0.717, 1.165) is 43.5 Å². The maximum absolute atomic E-state index is 13.3. The highest BCUT2D eigenvalue weighted by atomic mass is 16.4. The molecule has 3 N–H and O–H groups in total. The highest BCUT2D eigenvalue weighted by Gasteiger charge is 2.31. The maximum Gasteiger partial charge on any atom is 0.305 e. The van der Waals surface area contributed by atoms with Gasteiger partial charge in [0.15, 0.2) is 0 Å². The van der Waals surface area contributed by atoms with Gasteiger partial charge >= 0.3 is 5.97 Å². The summed E-state index contributed by atoms with van der Waals surface area (Å²) in [6.45, 7) is 3.63. The molecular formula is C28H36N4O4. The number of carboxylic acid groups (broad SMARTS) is 1. The number of rotatable bonds is 9. The summed E-state index contributed by atoms with van der Waals surface area (Å²) in [5, 5.41) is 15.9. The lowest BCUT2D eigenvalue weighted by atomic mass is 9.94. The lowest BCUT2D eigenvalue weighted by molar-refractivity contribution is -0.141. The van der Waals surface area contributed by atoms with Gasteiger partial charge < -0.3 is 25.5 Å². The number of benzene rings is 2. The van der Waals surface area contributed by atoms with Crippen LogP contribution in [-0.2, 0) is 22.6 Å². The molecule has 2 amide bonds. The quantitative estimate of drug-likeness (QED) is 0.498. The zero-order valence-electron chi connectivity index (χ0n) is 20.9. The van der Waals surface area contributed by atoms with E-state index in [1.54, 1.807) is 21.9 Å². The highest BCUT2D eigenvalue weighted by molar-refractivity contribution is 5.96. The SMILES string of the molecule is CN(CCC1CCNCC1)C(=O)c1ccc2c(c1)N[C@H](CC(=O)O)C(=O)N(CCc1ccccc1)C2. The van der Waals surface area contributed by atoms with Crippen LogP contribution in [0, 0.1) is 5.92 Å². The third-order valence-corrected chi connectivity index (χ3v) is 7.23. The van der Waals surface area contributed by atoms with E-state index in [0.29, 0.717) is 43.2 Å². The average Bonchev–Trinajstić information content (AvgIpc) is 3.02. The van der Waals surface area contributed by atoms with Crippen molar-refractivity contribution in [3.05, 3.63) is 65.2 Å². The first-order valence-corrected chi connectivity index (χ1v) is 12.8. The Kier molecular flexibility index (Phi) is 8.59. The molecule has 4 rings (SSSR count). The summed E-state index contributed by atoms with van der Waals surface area (Å²) in [6.07, 6.45) is 3.63. The lowest BCUT2D eigenvalue weighted by Crippen LogP contribution is -2.42. The molecule has 0 unspecified atom stereocenters. The second kappa shape index (κ2) is 12.0. The molecule has 1 atom stereocenters. The first kappa shape index (κ1) is 25.7. The summed E-state index contributed by atoms with van der Waals surface area (Å²) >= 11 is 0. The van der Waals surface area contributed by atoms with E-state index in [4.69, 9.17) is 0 Å². The van der Waals surface area contributed by atoms with Gasteiger partial charge in [-0.1, -0.05) is 36.4 Å². The van der Waals surface area contributed by atoms with Crippen LogP contribution >= 0.6 is 0 Å². The zero-order chi connectivity index (χ0) is 25.5. The number of carbonyl (C=O) groups excluding carboxylic acids is 2. The van der Waals surface area contributed by atoms with Crippen molar-refractivity contribution in [2.75, 3.05) is 38.5 Å². The molecule has 2 aromatic rings. The van der Waals surface area contributed by atoms with E-state index in [1.807, 2.05) is 43.4 Å². The van der Waals surface area contributed by atoms with Gasteiger partial charge in [-0.3, -0.25) is 14.4 Å². The highest BCUT2D eigenvalue weighted by Crippen LogP contribution is 2.27. The van der Waals surface area contributed by atoms with Crippen LogP contribution in [0.25, 0.3) is 0 Å². The summed E-state index contributed by atoms with van der Waals surface area (Å²) in [4.78, 5) is 41.4. The average molecular weight is 493 g/mol. The van der Waals surface area contributed by atoms with Crippen LogP contribution in [0.4, 0.5) is 5.69 Å². The van der Waals surface area contributed by atoms with Gasteiger partial charge in [0, 0.05) is 37.9 Å². The summed E-state index contributed by atoms with van der Waals surface area (Å²) in [7, 11) is 1.82. The summed E-state index contributed by atoms with van der Waals surface area (Å²) < 4.78 is 0. The molecule has 8 nitrogen and oxygen atoms in total. The van der Waals surface area contributed by atoms with Crippen LogP contribution in [-0.4, -0.2) is 72.0 Å². The molecule has 2 aliphatic heterocycles. The molecule has 1 saturated heterocycles. The largest absolute Gasteiger partial charge is 0.481 e. The second-order valence-corrected chi connectivity index (χ2v) is 9.87. The number of hydrogen-bond acceptors (Lipinski definition) is 5. The van der Waals surface area contributed by atoms with Crippen molar-refractivity contribution >= 4 is 23.5 Å². The van der Waals surface area contributed by atoms with Crippen LogP contribution in [0.15, 0.2) is 48.5 Å². The molecule has 1 fully saturated rings. The molecule has 36 heavy (non-hydrogen) atoms. The van der Waals surface area contributed by atoms with Gasteiger partial charge in [0.25, 0.3) is 5.91 Å². The predicted molar refractivity (Wildman–Crippen MR) is 139 cm³/mol. The Hall–Kier alpha value is -3.39. The molecule has 0 radical (unpaired) electrons. The van der Waals surface area contributed by atoms with Crippen molar-refractivity contribution in [2.24, 2.45) is 5.92 Å². The van der Waals surface area contributed by atoms with E-state index in [2.05, 4.69) is 10.6 Å². The van der Waals surface area contributed by atoms with Crippen molar-refractivity contribution in [3.8, 4) is 0 Å². The van der Waals surface area contributed by atoms with Crippen LogP contribution in [0.2, 0.25) is 0 Å². The van der Waals surface area contributed by atoms with Crippen molar-refractivity contribution in [1.29, 1.82) is 0 Å². The van der Waals surface area contributed by atoms with Gasteiger partial charge in [-0.15, -0.1) is 0 Å². The summed E-state index contributed by atoms with van der Waals surface area (Å²) in [5.41, 5.74) is 3.17. The normalized spacial score (nSPS) is 18.2. The van der Waals surface area contributed by atoms with Crippen molar-refractivity contribution in [3.63, 3.8) is 0 Å². The molecule has 0 spiro atoms. The number of amides is 2. The number of fused-ring (bicyclic) bond motifs is 1. The number of hydrogen-bond donors (Lipinski definition) is 3. The molecule has 2 heterocycles. The fraction of sp³-hybridized carbons (Fsp3) is 0.464. The van der Waals surface area contributed by atoms with E-state index < -0.39 is 12.0 Å². The number of carbonyl (C=O) groups is 3. The zero-order valence-corrected chi connectivity index (χ0v) is 20.9. The maximum atomic E-state index is 13.3. The minimum absolute atomic E-state index is 0.0696. The molecule has 2 aromatic carbocycles. The molecule has 2 aliphatic rings. The summed E-state index contributed by atoms with van der Waals surface area (Å²) in [5.74, 6) is -0.714. The van der Waals surface area contributed by atoms with Gasteiger partial charge in [-0.05, 0) is 68.0 Å². The molecular weight excluding hydrogens is 456 g/mol. The third kappa shape index (κ3) is 6.63. The van der Waals surface area contributed by atoms with Crippen LogP contribution in [0.5, 0.6) is 0 Å². The fourth-order valence-corrected chi connectivity index (χ4v) is 5.01. The number of piperidine rings is 1. The van der Waals surface area contributed by atoms with E-state index in [-0.39, 0.29) is 18.2 Å². The Morgan fingerprint density at radius 3 is 2.58 bits per heavy atom. The Morgan fingerprint density at radius 1 is 1.11 bits per heavy atom. The van der Waals surface area contributed by atoms with Crippen molar-refractivity contribution < 1.29 is 19.5 Å². The Labute approximate surface area is 212 Å². The van der Waals surface area contributed by atoms with Crippen LogP contribution in [0.3, 0.4) is 0 Å². The molecule has 192 valence electrons. The van der Waals surface area contributed by atoms with Gasteiger partial charge in [0.1, 0.15) is 6.04 Å². The standard InChI is InChI=1S/C28H36N4O4/c1-31(15-11-21-9-13-29-14-10-21)27(35)22-7-8-23-19-32(16-12-20-5-3-2-4-6-20)28(36)25(18-26(33)34)30-24(23)17-22/h2-8,17,21,25,29-30H,9-16,18-19H2,1H3,(H,33,34)/t25-/m1/s1. The first-order chi connectivity index (χ1) is 17.4. The molecule has 0 aromatic heterocycles. The third-order valence-electron chi connectivity index (χ3n) is 7.23. The van der Waals surface area contributed by atoms with Gasteiger partial charge in [0.05, 0.1) is 6.42 Å². The topological polar surface area (TPSA) is 102 Å². The molecule has 8 heteroatoms. The minimum Gasteiger partial charge on any atom is -0.481 e. The van der Waals surface area contributed by atoms with E-state index >= 15 is 0 Å². The molecule has 0 saturated carbocycles. The monoisotopic (exact) mass is 492 g/mol. The smallest absolute Gasteiger partial charge is 0.305 e. The van der Waals surface area contributed by atoms with Crippen molar-refractivity contribution in [2.45, 2.75) is 44.7 Å². The minimum atomic E-state index is -1.04. The second-order valence-electron chi connectivity index (χ2n) is 9.87. The first-order valence-electron chi connectivity index (χ1n) is 12.8. The molecule has 0 aliphatic carbocycles. The van der Waals surface area contributed by atoms with Gasteiger partial charge in [-0.2, -0.15) is 0 Å². The Morgan fingerprint density at radius 2 is 1.86 bits per heavy atom. The Balaban J connectivity index is 1.48. The van der Waals surface area contributed by atoms with Gasteiger partial charge in [0.2, 0.25) is 5.91 Å². The number of aliphatic carboxylic acids is 1. The number of nitrogens with zero attached hydrogens (tertiary/aromatic N) is 2. The van der Waals surface area contributed by atoms with E-state index in [9.17, 15) is 19.5 Å². The number of nitrogens with one attached hydrogen (secondary N) is 2. The van der Waals surface area contributed by atoms with Crippen LogP contribution in [0.1, 0.15) is 47.2 Å². The Bertz CT molecular complexity index is 1070. The molecule has 0 bridgehead atoms. The van der Waals surface area contributed by atoms with E-state index in [1.165, 1.54) is 0 Å². The van der Waals surface area contributed by atoms with Crippen molar-refractivity contribution in [1.82, 2.24) is 15.1 Å². The van der Waals surface area contributed by atoms with Gasteiger partial charge in [-0.25, -0.2) is 0 Å². The number of carboxylic acids is 1. The number of anilines is 1. The fourth-order valence-electron chi connectivity index (χ4n) is 5.01. The van der Waals surface area contributed by atoms with Crippen LogP contribution < -0.4 is 10.6 Å². The lowest BCUT2D eigenvalue weighted by Gasteiger charge is -2.25. The predicted octanol–water partition coefficient (Wildman–Crippen LogP) is 2.99.